The van der Waals surface area contributed by atoms with Gasteiger partial charge in [0.15, 0.2) is 0 Å². The molecule has 1 aromatic carbocycles. The fourth-order valence-corrected chi connectivity index (χ4v) is 2.36. The van der Waals surface area contributed by atoms with E-state index in [9.17, 15) is 14.4 Å². The van der Waals surface area contributed by atoms with Gasteiger partial charge in [0.2, 0.25) is 5.91 Å². The van der Waals surface area contributed by atoms with Crippen molar-refractivity contribution in [2.45, 2.75) is 38.8 Å². The number of aliphatic carboxylic acids is 1. The summed E-state index contributed by atoms with van der Waals surface area (Å²) in [6.07, 6.45) is 1.48. The van der Waals surface area contributed by atoms with Crippen molar-refractivity contribution in [1.29, 1.82) is 0 Å². The van der Waals surface area contributed by atoms with Crippen LogP contribution in [0.25, 0.3) is 10.4 Å². The highest BCUT2D eigenvalue weighted by molar-refractivity contribution is 5.94. The molecule has 2 rings (SSSR count). The molecular weight excluding hydrogens is 338 g/mol. The maximum absolute atomic E-state index is 12.2. The number of azide groups is 1. The lowest BCUT2D eigenvalue weighted by Crippen LogP contribution is -2.38. The van der Waals surface area contributed by atoms with Crippen LogP contribution in [-0.2, 0) is 16.1 Å². The summed E-state index contributed by atoms with van der Waals surface area (Å²) in [5.74, 6) is -1.52. The third-order valence-corrected chi connectivity index (χ3v) is 4.34. The zero-order valence-electron chi connectivity index (χ0n) is 14.4. The van der Waals surface area contributed by atoms with Crippen LogP contribution in [0.1, 0.15) is 42.1 Å². The number of carboxylic acids is 1. The second kappa shape index (κ2) is 8.35. The Morgan fingerprint density at radius 3 is 2.50 bits per heavy atom. The summed E-state index contributed by atoms with van der Waals surface area (Å²) in [4.78, 5) is 37.5. The molecule has 1 saturated carbocycles. The van der Waals surface area contributed by atoms with E-state index < -0.39 is 17.9 Å². The van der Waals surface area contributed by atoms with Crippen LogP contribution in [0.2, 0.25) is 0 Å². The highest BCUT2D eigenvalue weighted by atomic mass is 16.4. The van der Waals surface area contributed by atoms with Crippen molar-refractivity contribution < 1.29 is 19.5 Å². The SMILES string of the molecule is CC1(C(=O)NCc2ccc(C(=O)N[C@H](CN=[N+]=[N-])CC(=O)O)cc2)CC1. The first kappa shape index (κ1) is 19.3. The van der Waals surface area contributed by atoms with Crippen molar-refractivity contribution in [2.24, 2.45) is 10.5 Å². The van der Waals surface area contributed by atoms with Gasteiger partial charge in [-0.15, -0.1) is 0 Å². The summed E-state index contributed by atoms with van der Waals surface area (Å²) in [6.45, 7) is 2.17. The molecule has 9 heteroatoms. The van der Waals surface area contributed by atoms with Gasteiger partial charge in [0.25, 0.3) is 5.91 Å². The van der Waals surface area contributed by atoms with Gasteiger partial charge in [0.05, 0.1) is 6.42 Å². The van der Waals surface area contributed by atoms with Gasteiger partial charge < -0.3 is 15.7 Å². The molecule has 0 heterocycles. The molecule has 0 aliphatic heterocycles. The molecule has 1 atom stereocenters. The maximum atomic E-state index is 12.2. The zero-order valence-corrected chi connectivity index (χ0v) is 14.4. The molecule has 0 unspecified atom stereocenters. The van der Waals surface area contributed by atoms with E-state index >= 15 is 0 Å². The second-order valence-corrected chi connectivity index (χ2v) is 6.62. The van der Waals surface area contributed by atoms with E-state index in [1.165, 1.54) is 0 Å². The number of nitrogens with one attached hydrogen (secondary N) is 2. The Labute approximate surface area is 150 Å². The van der Waals surface area contributed by atoms with Crippen molar-refractivity contribution in [1.82, 2.24) is 10.6 Å². The van der Waals surface area contributed by atoms with Crippen LogP contribution in [0.3, 0.4) is 0 Å². The lowest BCUT2D eigenvalue weighted by Gasteiger charge is -2.15. The van der Waals surface area contributed by atoms with E-state index in [1.807, 2.05) is 6.92 Å². The Morgan fingerprint density at radius 2 is 1.96 bits per heavy atom. The molecule has 3 N–H and O–H groups in total. The summed E-state index contributed by atoms with van der Waals surface area (Å²) >= 11 is 0. The van der Waals surface area contributed by atoms with Gasteiger partial charge >= 0.3 is 5.97 Å². The summed E-state index contributed by atoms with van der Waals surface area (Å²) in [7, 11) is 0. The molecule has 1 aliphatic rings. The van der Waals surface area contributed by atoms with E-state index in [4.69, 9.17) is 10.6 Å². The lowest BCUT2D eigenvalue weighted by atomic mass is 10.1. The largest absolute Gasteiger partial charge is 0.481 e. The summed E-state index contributed by atoms with van der Waals surface area (Å²) in [5, 5.41) is 17.6. The third kappa shape index (κ3) is 5.49. The molecule has 1 aliphatic carbocycles. The second-order valence-electron chi connectivity index (χ2n) is 6.62. The van der Waals surface area contributed by atoms with Crippen LogP contribution in [0, 0.1) is 5.41 Å². The molecule has 0 spiro atoms. The Bertz CT molecular complexity index is 732. The average Bonchev–Trinajstić information content (AvgIpc) is 3.36. The fourth-order valence-electron chi connectivity index (χ4n) is 2.36. The van der Waals surface area contributed by atoms with Crippen LogP contribution in [0.5, 0.6) is 0 Å². The number of hydrogen-bond donors (Lipinski definition) is 3. The molecule has 26 heavy (non-hydrogen) atoms. The molecular formula is C17H21N5O4. The van der Waals surface area contributed by atoms with Gasteiger partial charge in [-0.1, -0.05) is 24.2 Å². The van der Waals surface area contributed by atoms with Crippen molar-refractivity contribution in [3.05, 3.63) is 45.8 Å². The smallest absolute Gasteiger partial charge is 0.305 e. The number of carboxylic acid groups (broad SMARTS) is 1. The number of amides is 2. The van der Waals surface area contributed by atoms with Crippen LogP contribution in [-0.4, -0.2) is 35.5 Å². The highest BCUT2D eigenvalue weighted by Crippen LogP contribution is 2.44. The first-order chi connectivity index (χ1) is 12.3. The van der Waals surface area contributed by atoms with Gasteiger partial charge in [-0.3, -0.25) is 14.4 Å². The number of carbonyl (C=O) groups is 3. The maximum Gasteiger partial charge on any atom is 0.305 e. The summed E-state index contributed by atoms with van der Waals surface area (Å²) < 4.78 is 0. The quantitative estimate of drug-likeness (QED) is 0.352. The Balaban J connectivity index is 1.90. The number of nitrogens with zero attached hydrogens (tertiary/aromatic N) is 3. The molecule has 1 aromatic rings. The van der Waals surface area contributed by atoms with Crippen molar-refractivity contribution in [2.75, 3.05) is 6.54 Å². The molecule has 0 aromatic heterocycles. The predicted octanol–water partition coefficient (Wildman–Crippen LogP) is 1.99. The van der Waals surface area contributed by atoms with Crippen LogP contribution >= 0.6 is 0 Å². The predicted molar refractivity (Wildman–Crippen MR) is 93.1 cm³/mol. The molecule has 138 valence electrons. The number of hydrogen-bond acceptors (Lipinski definition) is 4. The van der Waals surface area contributed by atoms with Gasteiger partial charge in [-0.25, -0.2) is 0 Å². The average molecular weight is 359 g/mol. The van der Waals surface area contributed by atoms with Gasteiger partial charge in [0, 0.05) is 35.0 Å². The molecule has 2 amide bonds. The van der Waals surface area contributed by atoms with E-state index in [2.05, 4.69) is 20.7 Å². The van der Waals surface area contributed by atoms with Gasteiger partial charge in [0.1, 0.15) is 0 Å². The van der Waals surface area contributed by atoms with Gasteiger partial charge in [-0.2, -0.15) is 0 Å². The Morgan fingerprint density at radius 1 is 1.31 bits per heavy atom. The molecule has 0 saturated heterocycles. The minimum absolute atomic E-state index is 0.0360. The van der Waals surface area contributed by atoms with Crippen LogP contribution in [0.4, 0.5) is 0 Å². The standard InChI is InChI=1S/C17H21N5O4/c1-17(6-7-17)16(26)19-9-11-2-4-12(5-3-11)15(25)21-13(8-14(23)24)10-20-22-18/h2-5,13H,6-10H2,1H3,(H,19,26)(H,21,25)(H,23,24)/t13-/m0/s1. The zero-order chi connectivity index (χ0) is 19.2. The van der Waals surface area contributed by atoms with Gasteiger partial charge in [-0.05, 0) is 36.1 Å². The van der Waals surface area contributed by atoms with Crippen molar-refractivity contribution in [3.63, 3.8) is 0 Å². The minimum atomic E-state index is -1.10. The Hall–Kier alpha value is -3.06. The van der Waals surface area contributed by atoms with Crippen LogP contribution < -0.4 is 10.6 Å². The molecule has 9 nitrogen and oxygen atoms in total. The lowest BCUT2D eigenvalue weighted by molar-refractivity contribution is -0.137. The van der Waals surface area contributed by atoms with E-state index in [0.29, 0.717) is 12.1 Å². The summed E-state index contributed by atoms with van der Waals surface area (Å²) in [5.41, 5.74) is 9.32. The first-order valence-corrected chi connectivity index (χ1v) is 8.25. The van der Waals surface area contributed by atoms with E-state index in [-0.39, 0.29) is 24.3 Å². The highest BCUT2D eigenvalue weighted by Gasteiger charge is 2.44. The van der Waals surface area contributed by atoms with Crippen LogP contribution in [0.15, 0.2) is 29.4 Å². The number of benzene rings is 1. The normalized spacial score (nSPS) is 15.3. The van der Waals surface area contributed by atoms with Crippen molar-refractivity contribution in [3.8, 4) is 0 Å². The minimum Gasteiger partial charge on any atom is -0.481 e. The van der Waals surface area contributed by atoms with E-state index in [0.717, 1.165) is 18.4 Å². The first-order valence-electron chi connectivity index (χ1n) is 8.25. The Kier molecular flexibility index (Phi) is 6.19. The summed E-state index contributed by atoms with van der Waals surface area (Å²) in [6, 6.07) is 5.87. The topological polar surface area (TPSA) is 144 Å². The monoisotopic (exact) mass is 359 g/mol. The third-order valence-electron chi connectivity index (χ3n) is 4.34. The number of carbonyl (C=O) groups excluding carboxylic acids is 2. The molecule has 0 radical (unpaired) electrons. The van der Waals surface area contributed by atoms with E-state index in [1.54, 1.807) is 24.3 Å². The fraction of sp³-hybridized carbons (Fsp3) is 0.471. The number of rotatable bonds is 9. The van der Waals surface area contributed by atoms with Crippen molar-refractivity contribution >= 4 is 17.8 Å². The molecule has 1 fully saturated rings. The molecule has 0 bridgehead atoms.